The molecule has 0 aliphatic heterocycles. The number of nitrogens with one attached hydrogen (secondary N) is 1. The van der Waals surface area contributed by atoms with Crippen LogP contribution < -0.4 is 14.8 Å². The Bertz CT molecular complexity index is 971. The third-order valence-corrected chi connectivity index (χ3v) is 4.50. The molecule has 1 amide bonds. The summed E-state index contributed by atoms with van der Waals surface area (Å²) in [5.74, 6) is 0.237. The number of carbonyl (C=O) groups is 2. The molecule has 0 radical (unpaired) electrons. The number of ether oxygens (including phenoxy) is 2. The molecule has 1 N–H and O–H groups in total. The monoisotopic (exact) mass is 403 g/mol. The molecule has 0 fully saturated rings. The molecule has 5 nitrogen and oxygen atoms in total. The number of hydrogen-bond acceptors (Lipinski definition) is 4. The molecule has 154 valence electrons. The molecule has 0 unspecified atom stereocenters. The molecule has 0 heterocycles. The summed E-state index contributed by atoms with van der Waals surface area (Å²) in [5, 5.41) is 2.61. The van der Waals surface area contributed by atoms with Crippen LogP contribution in [-0.4, -0.2) is 18.2 Å². The minimum atomic E-state index is -0.571. The predicted octanol–water partition coefficient (Wildman–Crippen LogP) is 4.09. The molecule has 0 aliphatic carbocycles. The number of amides is 1. The molecule has 0 aromatic heterocycles. The quantitative estimate of drug-likeness (QED) is 0.518. The topological polar surface area (TPSA) is 64.6 Å². The van der Waals surface area contributed by atoms with Crippen LogP contribution in [-0.2, 0) is 29.2 Å². The highest BCUT2D eigenvalue weighted by atomic mass is 16.5. The van der Waals surface area contributed by atoms with Crippen LogP contribution in [0.2, 0.25) is 0 Å². The largest absolute Gasteiger partial charge is 0.485 e. The number of ketones is 1. The molecule has 0 aliphatic rings. The molecule has 5 heteroatoms. The normalized spacial score (nSPS) is 10.3. The lowest BCUT2D eigenvalue weighted by Gasteiger charge is -2.15. The third kappa shape index (κ3) is 6.48. The second-order valence-corrected chi connectivity index (χ2v) is 6.89. The molecular weight excluding hydrogens is 378 g/mol. The van der Waals surface area contributed by atoms with Gasteiger partial charge < -0.3 is 14.8 Å². The van der Waals surface area contributed by atoms with Gasteiger partial charge in [0, 0.05) is 13.5 Å². The Morgan fingerprint density at radius 2 is 1.30 bits per heavy atom. The van der Waals surface area contributed by atoms with Gasteiger partial charge in [-0.25, -0.2) is 0 Å². The predicted molar refractivity (Wildman–Crippen MR) is 115 cm³/mol. The van der Waals surface area contributed by atoms with Crippen molar-refractivity contribution in [3.8, 4) is 11.5 Å². The standard InChI is InChI=1S/C25H25NO4/c1-19(27)25(28)26-15-14-20-12-13-23(29-17-21-8-4-2-5-9-21)24(16-20)30-18-22-10-6-3-7-11-22/h2-13,16H,14-15,17-18H2,1H3,(H,26,28). The molecule has 3 aromatic rings. The molecule has 3 rings (SSSR count). The molecule has 0 atom stereocenters. The minimum absolute atomic E-state index is 0.376. The van der Waals surface area contributed by atoms with Crippen LogP contribution in [0.1, 0.15) is 23.6 Å². The highest BCUT2D eigenvalue weighted by Crippen LogP contribution is 2.30. The maximum atomic E-state index is 11.4. The van der Waals surface area contributed by atoms with Gasteiger partial charge >= 0.3 is 0 Å². The fourth-order valence-electron chi connectivity index (χ4n) is 2.86. The Labute approximate surface area is 176 Å². The second kappa shape index (κ2) is 10.8. The lowest BCUT2D eigenvalue weighted by Crippen LogP contribution is -2.30. The van der Waals surface area contributed by atoms with Crippen LogP contribution in [0, 0.1) is 0 Å². The fourth-order valence-corrected chi connectivity index (χ4v) is 2.86. The Hall–Kier alpha value is -3.60. The van der Waals surface area contributed by atoms with E-state index in [4.69, 9.17) is 9.47 Å². The lowest BCUT2D eigenvalue weighted by molar-refractivity contribution is -0.136. The Balaban J connectivity index is 1.69. The van der Waals surface area contributed by atoms with Crippen molar-refractivity contribution < 1.29 is 19.1 Å². The van der Waals surface area contributed by atoms with Gasteiger partial charge in [0.25, 0.3) is 5.91 Å². The van der Waals surface area contributed by atoms with Crippen LogP contribution >= 0.6 is 0 Å². The zero-order valence-corrected chi connectivity index (χ0v) is 17.0. The van der Waals surface area contributed by atoms with Crippen LogP contribution in [0.5, 0.6) is 11.5 Å². The van der Waals surface area contributed by atoms with E-state index in [1.165, 1.54) is 6.92 Å². The molecule has 0 saturated carbocycles. The van der Waals surface area contributed by atoms with Crippen molar-refractivity contribution in [2.75, 3.05) is 6.54 Å². The van der Waals surface area contributed by atoms with Gasteiger partial charge in [-0.05, 0) is 35.2 Å². The maximum Gasteiger partial charge on any atom is 0.287 e. The van der Waals surface area contributed by atoms with Gasteiger partial charge in [0.05, 0.1) is 0 Å². The summed E-state index contributed by atoms with van der Waals surface area (Å²) in [5.41, 5.74) is 3.11. The number of benzene rings is 3. The molecule has 0 spiro atoms. The van der Waals surface area contributed by atoms with Gasteiger partial charge in [-0.3, -0.25) is 9.59 Å². The van der Waals surface area contributed by atoms with Crippen LogP contribution in [0.25, 0.3) is 0 Å². The average Bonchev–Trinajstić information content (AvgIpc) is 2.78. The summed E-state index contributed by atoms with van der Waals surface area (Å²) < 4.78 is 12.1. The van der Waals surface area contributed by atoms with Crippen molar-refractivity contribution in [1.82, 2.24) is 5.32 Å². The van der Waals surface area contributed by atoms with E-state index in [1.807, 2.05) is 78.9 Å². The summed E-state index contributed by atoms with van der Waals surface area (Å²) in [6.07, 6.45) is 0.583. The first-order valence-electron chi connectivity index (χ1n) is 9.87. The van der Waals surface area contributed by atoms with E-state index >= 15 is 0 Å². The summed E-state index contributed by atoms with van der Waals surface area (Å²) in [7, 11) is 0. The summed E-state index contributed by atoms with van der Waals surface area (Å²) >= 11 is 0. The number of rotatable bonds is 10. The number of hydrogen-bond donors (Lipinski definition) is 1. The number of Topliss-reactive ketones (excluding diaryl/α,β-unsaturated/α-hetero) is 1. The molecular formula is C25H25NO4. The second-order valence-electron chi connectivity index (χ2n) is 6.89. The molecule has 0 bridgehead atoms. The van der Waals surface area contributed by atoms with Gasteiger partial charge in [-0.15, -0.1) is 0 Å². The van der Waals surface area contributed by atoms with Gasteiger partial charge in [0.1, 0.15) is 13.2 Å². The summed E-state index contributed by atoms with van der Waals surface area (Å²) in [6.45, 7) is 2.49. The van der Waals surface area contributed by atoms with E-state index < -0.39 is 11.7 Å². The van der Waals surface area contributed by atoms with Crippen molar-refractivity contribution in [2.45, 2.75) is 26.6 Å². The maximum absolute atomic E-state index is 11.4. The lowest BCUT2D eigenvalue weighted by atomic mass is 10.1. The minimum Gasteiger partial charge on any atom is -0.485 e. The number of carbonyl (C=O) groups excluding carboxylic acids is 2. The first-order valence-corrected chi connectivity index (χ1v) is 9.87. The first-order chi connectivity index (χ1) is 14.6. The molecule has 0 saturated heterocycles. The van der Waals surface area contributed by atoms with Gasteiger partial charge in [-0.2, -0.15) is 0 Å². The fraction of sp³-hybridized carbons (Fsp3) is 0.200. The van der Waals surface area contributed by atoms with Crippen molar-refractivity contribution >= 4 is 11.7 Å². The Morgan fingerprint density at radius 1 is 0.733 bits per heavy atom. The highest BCUT2D eigenvalue weighted by Gasteiger charge is 2.10. The summed E-state index contributed by atoms with van der Waals surface area (Å²) in [6, 6.07) is 25.6. The molecule has 3 aromatic carbocycles. The van der Waals surface area contributed by atoms with Crippen LogP contribution in [0.3, 0.4) is 0 Å². The van der Waals surface area contributed by atoms with Crippen LogP contribution in [0.15, 0.2) is 78.9 Å². The van der Waals surface area contributed by atoms with E-state index in [0.29, 0.717) is 37.7 Å². The van der Waals surface area contributed by atoms with E-state index in [2.05, 4.69) is 5.32 Å². The van der Waals surface area contributed by atoms with E-state index in [-0.39, 0.29) is 0 Å². The van der Waals surface area contributed by atoms with Gasteiger partial charge in [0.15, 0.2) is 11.5 Å². The molecule has 30 heavy (non-hydrogen) atoms. The van der Waals surface area contributed by atoms with Crippen molar-refractivity contribution in [3.05, 3.63) is 95.6 Å². The SMILES string of the molecule is CC(=O)C(=O)NCCc1ccc(OCc2ccccc2)c(OCc2ccccc2)c1. The zero-order valence-electron chi connectivity index (χ0n) is 17.0. The first kappa shape index (κ1) is 21.1. The van der Waals surface area contributed by atoms with Gasteiger partial charge in [0.2, 0.25) is 5.78 Å². The van der Waals surface area contributed by atoms with E-state index in [0.717, 1.165) is 16.7 Å². The third-order valence-electron chi connectivity index (χ3n) is 4.50. The zero-order chi connectivity index (χ0) is 21.2. The van der Waals surface area contributed by atoms with Crippen molar-refractivity contribution in [1.29, 1.82) is 0 Å². The van der Waals surface area contributed by atoms with Gasteiger partial charge in [-0.1, -0.05) is 66.7 Å². The Morgan fingerprint density at radius 3 is 1.87 bits per heavy atom. The van der Waals surface area contributed by atoms with Crippen molar-refractivity contribution in [2.24, 2.45) is 0 Å². The van der Waals surface area contributed by atoms with E-state index in [9.17, 15) is 9.59 Å². The summed E-state index contributed by atoms with van der Waals surface area (Å²) in [4.78, 5) is 22.5. The van der Waals surface area contributed by atoms with Crippen molar-refractivity contribution in [3.63, 3.8) is 0 Å². The average molecular weight is 403 g/mol. The smallest absolute Gasteiger partial charge is 0.287 e. The highest BCUT2D eigenvalue weighted by molar-refractivity contribution is 6.35. The van der Waals surface area contributed by atoms with Crippen LogP contribution in [0.4, 0.5) is 0 Å². The Kier molecular flexibility index (Phi) is 7.61. The van der Waals surface area contributed by atoms with E-state index in [1.54, 1.807) is 0 Å².